The van der Waals surface area contributed by atoms with E-state index in [1.807, 2.05) is 42.5 Å². The van der Waals surface area contributed by atoms with Crippen LogP contribution in [0, 0.1) is 0 Å². The molecule has 3 aromatic rings. The monoisotopic (exact) mass is 290 g/mol. The maximum absolute atomic E-state index is 12.1. The maximum atomic E-state index is 12.1. The highest BCUT2D eigenvalue weighted by Gasteiger charge is 2.37. The van der Waals surface area contributed by atoms with E-state index in [4.69, 9.17) is 4.74 Å². The van der Waals surface area contributed by atoms with Crippen LogP contribution in [-0.2, 0) is 4.74 Å². The Bertz CT molecular complexity index is 942. The number of ether oxygens (including phenoxy) is 1. The summed E-state index contributed by atoms with van der Waals surface area (Å²) < 4.78 is 4.71. The van der Waals surface area contributed by atoms with Crippen LogP contribution in [0.4, 0.5) is 0 Å². The maximum Gasteiger partial charge on any atom is 0.350 e. The molecule has 3 aromatic carbocycles. The van der Waals surface area contributed by atoms with Gasteiger partial charge in [-0.05, 0) is 10.9 Å². The van der Waals surface area contributed by atoms with E-state index in [9.17, 15) is 14.7 Å². The van der Waals surface area contributed by atoms with Gasteiger partial charge in [-0.25, -0.2) is 9.59 Å². The number of carbonyl (C=O) groups excluding carboxylic acids is 2. The number of hydrogen-bond acceptors (Lipinski definition) is 4. The zero-order valence-corrected chi connectivity index (χ0v) is 11.4. The molecule has 0 radical (unpaired) electrons. The molecule has 0 amide bonds. The van der Waals surface area contributed by atoms with Crippen LogP contribution in [0.1, 0.15) is 20.7 Å². The molecule has 1 N–H and O–H groups in total. The minimum absolute atomic E-state index is 0.0532. The lowest BCUT2D eigenvalue weighted by Gasteiger charge is -2.12. The van der Waals surface area contributed by atoms with Gasteiger partial charge in [0.2, 0.25) is 0 Å². The summed E-state index contributed by atoms with van der Waals surface area (Å²) >= 11 is 0. The highest BCUT2D eigenvalue weighted by molar-refractivity contribution is 6.24. The topological polar surface area (TPSA) is 63.6 Å². The van der Waals surface area contributed by atoms with Crippen molar-refractivity contribution >= 4 is 22.7 Å². The van der Waals surface area contributed by atoms with E-state index in [1.54, 1.807) is 12.1 Å². The lowest BCUT2D eigenvalue weighted by atomic mass is 9.90. The lowest BCUT2D eigenvalue weighted by molar-refractivity contribution is 0.0443. The molecule has 4 heteroatoms. The Morgan fingerprint density at radius 3 is 2.00 bits per heavy atom. The first-order chi connectivity index (χ1) is 10.7. The number of hydrogen-bond donors (Lipinski definition) is 1. The summed E-state index contributed by atoms with van der Waals surface area (Å²) in [7, 11) is 0. The molecule has 0 aliphatic carbocycles. The van der Waals surface area contributed by atoms with Gasteiger partial charge in [-0.2, -0.15) is 0 Å². The average molecular weight is 290 g/mol. The number of fused-ring (bicyclic) bond motifs is 2. The van der Waals surface area contributed by atoms with Crippen LogP contribution in [0.5, 0.6) is 5.75 Å². The first-order valence-corrected chi connectivity index (χ1v) is 6.78. The van der Waals surface area contributed by atoms with Crippen molar-refractivity contribution in [1.29, 1.82) is 0 Å². The second-order valence-electron chi connectivity index (χ2n) is 5.06. The van der Waals surface area contributed by atoms with E-state index >= 15 is 0 Å². The predicted octanol–water partition coefficient (Wildman–Crippen LogP) is 3.52. The molecule has 1 aliphatic heterocycles. The van der Waals surface area contributed by atoms with Crippen LogP contribution in [0.15, 0.2) is 54.6 Å². The van der Waals surface area contributed by atoms with Crippen molar-refractivity contribution in [2.45, 2.75) is 0 Å². The first kappa shape index (κ1) is 12.6. The summed E-state index contributed by atoms with van der Waals surface area (Å²) in [6, 6.07) is 16.4. The molecule has 0 spiro atoms. The first-order valence-electron chi connectivity index (χ1n) is 6.78. The van der Waals surface area contributed by atoms with Crippen molar-refractivity contribution in [2.24, 2.45) is 0 Å². The Morgan fingerprint density at radius 1 is 0.682 bits per heavy atom. The van der Waals surface area contributed by atoms with Gasteiger partial charge in [0.25, 0.3) is 0 Å². The molecule has 0 saturated heterocycles. The van der Waals surface area contributed by atoms with Crippen molar-refractivity contribution in [3.8, 4) is 16.9 Å². The predicted molar refractivity (Wildman–Crippen MR) is 80.8 cm³/mol. The van der Waals surface area contributed by atoms with Gasteiger partial charge >= 0.3 is 11.9 Å². The molecular formula is C18H10O4. The fourth-order valence-corrected chi connectivity index (χ4v) is 2.91. The quantitative estimate of drug-likeness (QED) is 0.550. The highest BCUT2D eigenvalue weighted by Crippen LogP contribution is 2.43. The average Bonchev–Trinajstić information content (AvgIpc) is 2.84. The van der Waals surface area contributed by atoms with Crippen LogP contribution in [0.3, 0.4) is 0 Å². The highest BCUT2D eigenvalue weighted by atomic mass is 16.6. The van der Waals surface area contributed by atoms with Crippen LogP contribution in [-0.4, -0.2) is 17.0 Å². The third-order valence-electron chi connectivity index (χ3n) is 3.84. The fourth-order valence-electron chi connectivity index (χ4n) is 2.91. The fraction of sp³-hybridized carbons (Fsp3) is 0. The van der Waals surface area contributed by atoms with E-state index in [0.717, 1.165) is 5.56 Å². The van der Waals surface area contributed by atoms with Crippen molar-refractivity contribution in [2.75, 3.05) is 0 Å². The largest absolute Gasteiger partial charge is 0.506 e. The summed E-state index contributed by atoms with van der Waals surface area (Å²) in [5.41, 5.74) is 1.48. The van der Waals surface area contributed by atoms with Gasteiger partial charge in [-0.3, -0.25) is 0 Å². The molecule has 4 nitrogen and oxygen atoms in total. The Balaban J connectivity index is 2.25. The second-order valence-corrected chi connectivity index (χ2v) is 5.06. The summed E-state index contributed by atoms with van der Waals surface area (Å²) in [6.45, 7) is 0. The minimum atomic E-state index is -0.805. The van der Waals surface area contributed by atoms with Crippen molar-refractivity contribution in [3.63, 3.8) is 0 Å². The standard InChI is InChI=1S/C18H10O4/c19-16-12-9-5-4-8-11(12)13(10-6-2-1-3-7-10)14-15(16)18(21)22-17(14)20/h1-9,19H. The summed E-state index contributed by atoms with van der Waals surface area (Å²) in [5.74, 6) is -1.73. The molecule has 0 bridgehead atoms. The van der Waals surface area contributed by atoms with Crippen molar-refractivity contribution in [3.05, 3.63) is 65.7 Å². The van der Waals surface area contributed by atoms with Gasteiger partial charge in [0.1, 0.15) is 11.3 Å². The molecular weight excluding hydrogens is 280 g/mol. The molecule has 0 atom stereocenters. The van der Waals surface area contributed by atoms with E-state index in [1.165, 1.54) is 0 Å². The third kappa shape index (κ3) is 1.58. The van der Waals surface area contributed by atoms with Gasteiger partial charge in [-0.1, -0.05) is 54.6 Å². The number of carbonyl (C=O) groups is 2. The Morgan fingerprint density at radius 2 is 1.27 bits per heavy atom. The zero-order chi connectivity index (χ0) is 15.3. The number of rotatable bonds is 1. The van der Waals surface area contributed by atoms with Crippen molar-refractivity contribution in [1.82, 2.24) is 0 Å². The van der Waals surface area contributed by atoms with Crippen LogP contribution >= 0.6 is 0 Å². The van der Waals surface area contributed by atoms with Gasteiger partial charge in [-0.15, -0.1) is 0 Å². The Hall–Kier alpha value is -3.14. The lowest BCUT2D eigenvalue weighted by Crippen LogP contribution is -1.99. The number of benzene rings is 3. The number of phenols is 1. The van der Waals surface area contributed by atoms with Gasteiger partial charge in [0, 0.05) is 10.9 Å². The number of cyclic esters (lactones) is 2. The van der Waals surface area contributed by atoms with Gasteiger partial charge in [0.05, 0.1) is 5.56 Å². The SMILES string of the molecule is O=C1OC(=O)c2c1c(O)c1ccccc1c2-c1ccccc1. The zero-order valence-electron chi connectivity index (χ0n) is 11.4. The molecule has 4 rings (SSSR count). The summed E-state index contributed by atoms with van der Waals surface area (Å²) in [5, 5.41) is 11.6. The van der Waals surface area contributed by atoms with E-state index < -0.39 is 11.9 Å². The summed E-state index contributed by atoms with van der Waals surface area (Å²) in [4.78, 5) is 24.0. The number of aromatic hydroxyl groups is 1. The number of phenolic OH excluding ortho intramolecular Hbond substituents is 1. The Kier molecular flexibility index (Phi) is 2.53. The number of esters is 2. The smallest absolute Gasteiger partial charge is 0.350 e. The minimum Gasteiger partial charge on any atom is -0.506 e. The van der Waals surface area contributed by atoms with Crippen molar-refractivity contribution < 1.29 is 19.4 Å². The molecule has 0 fully saturated rings. The van der Waals surface area contributed by atoms with E-state index in [0.29, 0.717) is 16.3 Å². The molecule has 106 valence electrons. The summed E-state index contributed by atoms with van der Waals surface area (Å²) in [6.07, 6.45) is 0. The Labute approximate surface area is 125 Å². The van der Waals surface area contributed by atoms with E-state index in [-0.39, 0.29) is 16.9 Å². The molecule has 22 heavy (non-hydrogen) atoms. The van der Waals surface area contributed by atoms with Gasteiger partial charge < -0.3 is 9.84 Å². The molecule has 0 aromatic heterocycles. The van der Waals surface area contributed by atoms with Crippen LogP contribution < -0.4 is 0 Å². The molecule has 0 unspecified atom stereocenters. The molecule has 0 saturated carbocycles. The molecule has 1 aliphatic rings. The van der Waals surface area contributed by atoms with Gasteiger partial charge in [0.15, 0.2) is 0 Å². The van der Waals surface area contributed by atoms with Crippen LogP contribution in [0.25, 0.3) is 21.9 Å². The molecule has 1 heterocycles. The normalized spacial score (nSPS) is 13.3. The third-order valence-corrected chi connectivity index (χ3v) is 3.84. The second kappa shape index (κ2) is 4.43. The van der Waals surface area contributed by atoms with Crippen LogP contribution in [0.2, 0.25) is 0 Å². The van der Waals surface area contributed by atoms with E-state index in [2.05, 4.69) is 0 Å².